The van der Waals surface area contributed by atoms with Gasteiger partial charge in [-0.05, 0) is 12.8 Å². The highest BCUT2D eigenvalue weighted by atomic mass is 16.4. The fourth-order valence-corrected chi connectivity index (χ4v) is 1.39. The lowest BCUT2D eigenvalue weighted by Crippen LogP contribution is -2.36. The standard InChI is InChI=1S/C7H11NO3/c1-2-5-3-4-6(9)8(5)7(10)11/h5H,2-4H2,1H3,(H,10,11)/t5-/m1/s1. The summed E-state index contributed by atoms with van der Waals surface area (Å²) in [6.45, 7) is 1.89. The molecule has 0 aromatic heterocycles. The molecule has 0 radical (unpaired) electrons. The van der Waals surface area contributed by atoms with Crippen molar-refractivity contribution in [2.24, 2.45) is 0 Å². The number of hydrogen-bond donors (Lipinski definition) is 1. The summed E-state index contributed by atoms with van der Waals surface area (Å²) >= 11 is 0. The summed E-state index contributed by atoms with van der Waals surface area (Å²) < 4.78 is 0. The van der Waals surface area contributed by atoms with Crippen molar-refractivity contribution in [3.8, 4) is 0 Å². The van der Waals surface area contributed by atoms with Crippen molar-refractivity contribution in [2.45, 2.75) is 32.2 Å². The second-order valence-electron chi connectivity index (χ2n) is 2.65. The van der Waals surface area contributed by atoms with Crippen LogP contribution in [-0.4, -0.2) is 28.0 Å². The van der Waals surface area contributed by atoms with Gasteiger partial charge < -0.3 is 5.11 Å². The van der Waals surface area contributed by atoms with Gasteiger partial charge in [-0.1, -0.05) is 6.92 Å². The molecule has 0 aromatic carbocycles. The van der Waals surface area contributed by atoms with E-state index in [4.69, 9.17) is 5.11 Å². The Kier molecular flexibility index (Phi) is 2.12. The zero-order valence-corrected chi connectivity index (χ0v) is 6.41. The molecule has 1 heterocycles. The highest BCUT2D eigenvalue weighted by Gasteiger charge is 2.34. The third-order valence-corrected chi connectivity index (χ3v) is 2.00. The first-order valence-electron chi connectivity index (χ1n) is 3.71. The van der Waals surface area contributed by atoms with E-state index in [2.05, 4.69) is 0 Å². The smallest absolute Gasteiger partial charge is 0.414 e. The summed E-state index contributed by atoms with van der Waals surface area (Å²) in [6.07, 6.45) is 0.671. The molecule has 1 aliphatic rings. The molecule has 2 amide bonds. The van der Waals surface area contributed by atoms with E-state index in [9.17, 15) is 9.59 Å². The number of carbonyl (C=O) groups excluding carboxylic acids is 1. The molecule has 0 saturated carbocycles. The first kappa shape index (κ1) is 8.04. The summed E-state index contributed by atoms with van der Waals surface area (Å²) in [5.74, 6) is -0.260. The first-order chi connectivity index (χ1) is 5.16. The second-order valence-corrected chi connectivity index (χ2v) is 2.65. The van der Waals surface area contributed by atoms with Crippen molar-refractivity contribution >= 4 is 12.0 Å². The number of amides is 2. The summed E-state index contributed by atoms with van der Waals surface area (Å²) in [4.78, 5) is 22.4. The molecule has 1 aliphatic heterocycles. The number of hydrogen-bond acceptors (Lipinski definition) is 2. The van der Waals surface area contributed by atoms with Gasteiger partial charge in [0.25, 0.3) is 0 Å². The van der Waals surface area contributed by atoms with Crippen LogP contribution >= 0.6 is 0 Å². The number of likely N-dealkylation sites (tertiary alicyclic amines) is 1. The summed E-state index contributed by atoms with van der Waals surface area (Å²) in [7, 11) is 0. The van der Waals surface area contributed by atoms with Gasteiger partial charge in [0.15, 0.2) is 0 Å². The van der Waals surface area contributed by atoms with Crippen LogP contribution in [0.2, 0.25) is 0 Å². The lowest BCUT2D eigenvalue weighted by Gasteiger charge is -2.17. The maximum absolute atomic E-state index is 10.9. The minimum atomic E-state index is -1.11. The van der Waals surface area contributed by atoms with Crippen molar-refractivity contribution < 1.29 is 14.7 Å². The van der Waals surface area contributed by atoms with E-state index < -0.39 is 6.09 Å². The van der Waals surface area contributed by atoms with Crippen LogP contribution < -0.4 is 0 Å². The predicted octanol–water partition coefficient (Wildman–Crippen LogP) is 1.07. The van der Waals surface area contributed by atoms with Gasteiger partial charge in [-0.3, -0.25) is 4.79 Å². The minimum absolute atomic E-state index is 0.0833. The monoisotopic (exact) mass is 157 g/mol. The van der Waals surface area contributed by atoms with Crippen LogP contribution in [0.4, 0.5) is 4.79 Å². The third kappa shape index (κ3) is 1.34. The van der Waals surface area contributed by atoms with Crippen molar-refractivity contribution in [3.05, 3.63) is 0 Å². The highest BCUT2D eigenvalue weighted by Crippen LogP contribution is 2.20. The molecule has 0 bridgehead atoms. The minimum Gasteiger partial charge on any atom is -0.465 e. The number of carbonyl (C=O) groups is 2. The van der Waals surface area contributed by atoms with Crippen LogP contribution in [0.25, 0.3) is 0 Å². The Labute approximate surface area is 64.8 Å². The molecule has 0 unspecified atom stereocenters. The molecule has 1 saturated heterocycles. The van der Waals surface area contributed by atoms with E-state index in [1.165, 1.54) is 0 Å². The molecule has 4 nitrogen and oxygen atoms in total. The SMILES string of the molecule is CC[C@@H]1CCC(=O)N1C(=O)O. The van der Waals surface area contributed by atoms with Crippen LogP contribution in [0.5, 0.6) is 0 Å². The zero-order valence-electron chi connectivity index (χ0n) is 6.41. The van der Waals surface area contributed by atoms with Crippen LogP contribution in [0.15, 0.2) is 0 Å². The lowest BCUT2D eigenvalue weighted by molar-refractivity contribution is -0.126. The van der Waals surface area contributed by atoms with E-state index in [0.29, 0.717) is 12.8 Å². The molecular formula is C7H11NO3. The van der Waals surface area contributed by atoms with Crippen molar-refractivity contribution in [3.63, 3.8) is 0 Å². The van der Waals surface area contributed by atoms with Gasteiger partial charge in [-0.25, -0.2) is 9.69 Å². The number of rotatable bonds is 1. The largest absolute Gasteiger partial charge is 0.465 e. The Hall–Kier alpha value is -1.06. The van der Waals surface area contributed by atoms with E-state index in [1.807, 2.05) is 6.92 Å². The fraction of sp³-hybridized carbons (Fsp3) is 0.714. The molecule has 1 N–H and O–H groups in total. The maximum atomic E-state index is 10.9. The Morgan fingerprint density at radius 2 is 2.45 bits per heavy atom. The Balaban J connectivity index is 2.71. The van der Waals surface area contributed by atoms with Gasteiger partial charge in [0.1, 0.15) is 0 Å². The Bertz CT molecular complexity index is 190. The third-order valence-electron chi connectivity index (χ3n) is 2.00. The maximum Gasteiger partial charge on any atom is 0.414 e. The number of nitrogens with zero attached hydrogens (tertiary/aromatic N) is 1. The average molecular weight is 157 g/mol. The van der Waals surface area contributed by atoms with Crippen LogP contribution in [0.1, 0.15) is 26.2 Å². The molecule has 1 atom stereocenters. The fourth-order valence-electron chi connectivity index (χ4n) is 1.39. The van der Waals surface area contributed by atoms with Crippen LogP contribution in [0, 0.1) is 0 Å². The number of imide groups is 1. The molecule has 11 heavy (non-hydrogen) atoms. The topological polar surface area (TPSA) is 57.6 Å². The van der Waals surface area contributed by atoms with Gasteiger partial charge in [-0.15, -0.1) is 0 Å². The Morgan fingerprint density at radius 3 is 2.82 bits per heavy atom. The molecule has 0 spiro atoms. The predicted molar refractivity (Wildman–Crippen MR) is 38.2 cm³/mol. The first-order valence-corrected chi connectivity index (χ1v) is 3.71. The van der Waals surface area contributed by atoms with Gasteiger partial charge in [0.2, 0.25) is 5.91 Å². The zero-order chi connectivity index (χ0) is 8.43. The molecule has 1 rings (SSSR count). The number of carboxylic acid groups (broad SMARTS) is 1. The van der Waals surface area contributed by atoms with Gasteiger partial charge >= 0.3 is 6.09 Å². The van der Waals surface area contributed by atoms with Crippen LogP contribution in [0.3, 0.4) is 0 Å². The van der Waals surface area contributed by atoms with Crippen molar-refractivity contribution in [1.29, 1.82) is 0 Å². The Morgan fingerprint density at radius 1 is 1.82 bits per heavy atom. The van der Waals surface area contributed by atoms with Gasteiger partial charge in [-0.2, -0.15) is 0 Å². The summed E-state index contributed by atoms with van der Waals surface area (Å²) in [5, 5.41) is 8.59. The molecule has 4 heteroatoms. The van der Waals surface area contributed by atoms with Crippen molar-refractivity contribution in [2.75, 3.05) is 0 Å². The lowest BCUT2D eigenvalue weighted by atomic mass is 10.2. The van der Waals surface area contributed by atoms with Gasteiger partial charge in [0.05, 0.1) is 0 Å². The van der Waals surface area contributed by atoms with Gasteiger partial charge in [0, 0.05) is 12.5 Å². The molecular weight excluding hydrogens is 146 g/mol. The van der Waals surface area contributed by atoms with E-state index in [0.717, 1.165) is 11.3 Å². The highest BCUT2D eigenvalue weighted by molar-refractivity contribution is 5.93. The molecule has 1 fully saturated rings. The average Bonchev–Trinajstić information content (AvgIpc) is 2.30. The molecule has 62 valence electrons. The van der Waals surface area contributed by atoms with E-state index in [1.54, 1.807) is 0 Å². The van der Waals surface area contributed by atoms with Crippen LogP contribution in [-0.2, 0) is 4.79 Å². The van der Waals surface area contributed by atoms with E-state index >= 15 is 0 Å². The normalized spacial score (nSPS) is 24.3. The van der Waals surface area contributed by atoms with E-state index in [-0.39, 0.29) is 11.9 Å². The summed E-state index contributed by atoms with van der Waals surface area (Å²) in [6, 6.07) is -0.0833. The van der Waals surface area contributed by atoms with Crippen molar-refractivity contribution in [1.82, 2.24) is 4.90 Å². The summed E-state index contributed by atoms with van der Waals surface area (Å²) in [5.41, 5.74) is 0. The molecule has 0 aliphatic carbocycles. The molecule has 0 aromatic rings. The quantitative estimate of drug-likeness (QED) is 0.619. The second kappa shape index (κ2) is 2.90.